The lowest BCUT2D eigenvalue weighted by Gasteiger charge is -2.46. The van der Waals surface area contributed by atoms with E-state index in [4.69, 9.17) is 9.47 Å². The molecule has 1 unspecified atom stereocenters. The summed E-state index contributed by atoms with van der Waals surface area (Å²) in [7, 11) is 1.82. The van der Waals surface area contributed by atoms with E-state index in [0.717, 1.165) is 19.6 Å². The molecular formula is C10H20O2. The molecule has 0 aromatic heterocycles. The van der Waals surface area contributed by atoms with Crippen LogP contribution in [0.25, 0.3) is 0 Å². The van der Waals surface area contributed by atoms with E-state index in [1.165, 1.54) is 12.8 Å². The van der Waals surface area contributed by atoms with Gasteiger partial charge in [-0.3, -0.25) is 0 Å². The molecule has 1 heterocycles. The predicted octanol–water partition coefficient (Wildman–Crippen LogP) is 2.23. The molecule has 1 aliphatic rings. The predicted molar refractivity (Wildman–Crippen MR) is 49.2 cm³/mol. The Morgan fingerprint density at radius 3 is 2.33 bits per heavy atom. The SMILES string of the molecule is CCCC(OC)C1(CC)COC1. The van der Waals surface area contributed by atoms with E-state index in [1.54, 1.807) is 0 Å². The first-order valence-electron chi connectivity index (χ1n) is 4.89. The van der Waals surface area contributed by atoms with Crippen LogP contribution in [0.1, 0.15) is 33.1 Å². The van der Waals surface area contributed by atoms with E-state index >= 15 is 0 Å². The molecule has 0 spiro atoms. The average molecular weight is 172 g/mol. The zero-order valence-corrected chi connectivity index (χ0v) is 8.43. The van der Waals surface area contributed by atoms with Crippen LogP contribution in [0, 0.1) is 5.41 Å². The Kier molecular flexibility index (Phi) is 3.53. The Hall–Kier alpha value is -0.0800. The maximum absolute atomic E-state index is 5.51. The molecule has 1 saturated heterocycles. The monoisotopic (exact) mass is 172 g/mol. The van der Waals surface area contributed by atoms with Crippen LogP contribution in [0.4, 0.5) is 0 Å². The average Bonchev–Trinajstić information content (AvgIpc) is 2.02. The van der Waals surface area contributed by atoms with E-state index < -0.39 is 0 Å². The Morgan fingerprint density at radius 1 is 1.42 bits per heavy atom. The van der Waals surface area contributed by atoms with E-state index in [2.05, 4.69) is 13.8 Å². The second-order valence-corrected chi connectivity index (χ2v) is 3.72. The molecule has 72 valence electrons. The third kappa shape index (κ3) is 1.64. The molecular weight excluding hydrogens is 152 g/mol. The molecule has 2 nitrogen and oxygen atoms in total. The van der Waals surface area contributed by atoms with Crippen LogP contribution >= 0.6 is 0 Å². The normalized spacial score (nSPS) is 23.2. The van der Waals surface area contributed by atoms with Crippen molar-refractivity contribution in [3.8, 4) is 0 Å². The quantitative estimate of drug-likeness (QED) is 0.633. The number of methoxy groups -OCH3 is 1. The summed E-state index contributed by atoms with van der Waals surface area (Å²) >= 11 is 0. The molecule has 0 amide bonds. The summed E-state index contributed by atoms with van der Waals surface area (Å²) in [4.78, 5) is 0. The minimum Gasteiger partial charge on any atom is -0.381 e. The number of rotatable bonds is 5. The number of hydrogen-bond acceptors (Lipinski definition) is 2. The Balaban J connectivity index is 2.49. The summed E-state index contributed by atoms with van der Waals surface area (Å²) in [6, 6.07) is 0. The summed E-state index contributed by atoms with van der Waals surface area (Å²) in [5.41, 5.74) is 0.338. The van der Waals surface area contributed by atoms with E-state index in [0.29, 0.717) is 11.5 Å². The summed E-state index contributed by atoms with van der Waals surface area (Å²) < 4.78 is 10.8. The third-order valence-electron chi connectivity index (χ3n) is 3.00. The molecule has 12 heavy (non-hydrogen) atoms. The molecule has 0 radical (unpaired) electrons. The van der Waals surface area contributed by atoms with Gasteiger partial charge in [0.2, 0.25) is 0 Å². The molecule has 1 atom stereocenters. The smallest absolute Gasteiger partial charge is 0.0671 e. The maximum Gasteiger partial charge on any atom is 0.0671 e. The molecule has 0 N–H and O–H groups in total. The van der Waals surface area contributed by atoms with Gasteiger partial charge in [0.1, 0.15) is 0 Å². The molecule has 0 saturated carbocycles. The van der Waals surface area contributed by atoms with Crippen molar-refractivity contribution in [2.24, 2.45) is 5.41 Å². The van der Waals surface area contributed by atoms with Gasteiger partial charge in [-0.05, 0) is 12.8 Å². The van der Waals surface area contributed by atoms with Gasteiger partial charge in [-0.2, -0.15) is 0 Å². The topological polar surface area (TPSA) is 18.5 Å². The van der Waals surface area contributed by atoms with E-state index in [1.807, 2.05) is 7.11 Å². The summed E-state index contributed by atoms with van der Waals surface area (Å²) in [5, 5.41) is 0. The Bertz CT molecular complexity index is 124. The van der Waals surface area contributed by atoms with Gasteiger partial charge >= 0.3 is 0 Å². The van der Waals surface area contributed by atoms with Gasteiger partial charge < -0.3 is 9.47 Å². The van der Waals surface area contributed by atoms with Crippen LogP contribution in [0.5, 0.6) is 0 Å². The van der Waals surface area contributed by atoms with Crippen molar-refractivity contribution in [2.45, 2.75) is 39.2 Å². The van der Waals surface area contributed by atoms with E-state index in [9.17, 15) is 0 Å². The Labute approximate surface area is 75.2 Å². The van der Waals surface area contributed by atoms with Crippen LogP contribution in [0.3, 0.4) is 0 Å². The fourth-order valence-corrected chi connectivity index (χ4v) is 1.92. The number of ether oxygens (including phenoxy) is 2. The molecule has 2 heteroatoms. The second kappa shape index (κ2) is 4.24. The zero-order valence-electron chi connectivity index (χ0n) is 8.43. The van der Waals surface area contributed by atoms with Crippen LogP contribution in [-0.4, -0.2) is 26.4 Å². The van der Waals surface area contributed by atoms with Gasteiger partial charge in [0.05, 0.1) is 19.3 Å². The van der Waals surface area contributed by atoms with Crippen LogP contribution < -0.4 is 0 Å². The Morgan fingerprint density at radius 2 is 2.08 bits per heavy atom. The van der Waals surface area contributed by atoms with E-state index in [-0.39, 0.29) is 0 Å². The summed E-state index contributed by atoms with van der Waals surface area (Å²) in [6.45, 7) is 6.21. The van der Waals surface area contributed by atoms with Gasteiger partial charge in [0.25, 0.3) is 0 Å². The number of hydrogen-bond donors (Lipinski definition) is 0. The molecule has 1 fully saturated rings. The molecule has 1 rings (SSSR count). The van der Waals surface area contributed by atoms with Crippen molar-refractivity contribution < 1.29 is 9.47 Å². The van der Waals surface area contributed by atoms with Crippen molar-refractivity contribution in [1.29, 1.82) is 0 Å². The van der Waals surface area contributed by atoms with Gasteiger partial charge in [-0.15, -0.1) is 0 Å². The van der Waals surface area contributed by atoms with Crippen LogP contribution in [0.15, 0.2) is 0 Å². The summed E-state index contributed by atoms with van der Waals surface area (Å²) in [5.74, 6) is 0. The first kappa shape index (κ1) is 10.0. The van der Waals surface area contributed by atoms with Crippen molar-refractivity contribution in [2.75, 3.05) is 20.3 Å². The molecule has 0 aromatic carbocycles. The second-order valence-electron chi connectivity index (χ2n) is 3.72. The lowest BCUT2D eigenvalue weighted by atomic mass is 9.76. The van der Waals surface area contributed by atoms with Crippen molar-refractivity contribution in [3.63, 3.8) is 0 Å². The highest BCUT2D eigenvalue weighted by Gasteiger charge is 2.43. The highest BCUT2D eigenvalue weighted by Crippen LogP contribution is 2.38. The minimum atomic E-state index is 0.338. The lowest BCUT2D eigenvalue weighted by Crippen LogP contribution is -2.51. The first-order chi connectivity index (χ1) is 5.79. The minimum absolute atomic E-state index is 0.338. The molecule has 1 aliphatic heterocycles. The van der Waals surface area contributed by atoms with Gasteiger partial charge in [0, 0.05) is 12.5 Å². The fraction of sp³-hybridized carbons (Fsp3) is 1.00. The lowest BCUT2D eigenvalue weighted by molar-refractivity contribution is -0.183. The fourth-order valence-electron chi connectivity index (χ4n) is 1.92. The molecule has 0 aliphatic carbocycles. The maximum atomic E-state index is 5.51. The van der Waals surface area contributed by atoms with Crippen molar-refractivity contribution in [3.05, 3.63) is 0 Å². The van der Waals surface area contributed by atoms with Crippen LogP contribution in [0.2, 0.25) is 0 Å². The van der Waals surface area contributed by atoms with Gasteiger partial charge in [-0.1, -0.05) is 20.3 Å². The molecule has 0 aromatic rings. The standard InChI is InChI=1S/C10H20O2/c1-4-6-9(11-3)10(5-2)7-12-8-10/h9H,4-8H2,1-3H3. The summed E-state index contributed by atoms with van der Waals surface area (Å²) in [6.07, 6.45) is 3.93. The first-order valence-corrected chi connectivity index (χ1v) is 4.89. The van der Waals surface area contributed by atoms with Gasteiger partial charge in [-0.25, -0.2) is 0 Å². The van der Waals surface area contributed by atoms with Crippen molar-refractivity contribution >= 4 is 0 Å². The largest absolute Gasteiger partial charge is 0.381 e. The zero-order chi connectivity index (χ0) is 9.03. The molecule has 0 bridgehead atoms. The van der Waals surface area contributed by atoms with Crippen LogP contribution in [-0.2, 0) is 9.47 Å². The highest BCUT2D eigenvalue weighted by molar-refractivity contribution is 4.91. The third-order valence-corrected chi connectivity index (χ3v) is 3.00. The van der Waals surface area contributed by atoms with Crippen molar-refractivity contribution in [1.82, 2.24) is 0 Å². The van der Waals surface area contributed by atoms with Gasteiger partial charge in [0.15, 0.2) is 0 Å². The highest BCUT2D eigenvalue weighted by atomic mass is 16.5.